The molecule has 0 aliphatic carbocycles. The van der Waals surface area contributed by atoms with Crippen molar-refractivity contribution < 1.29 is 9.18 Å². The Kier molecular flexibility index (Phi) is 5.17. The van der Waals surface area contributed by atoms with Crippen LogP contribution < -0.4 is 5.32 Å². The van der Waals surface area contributed by atoms with E-state index in [-0.39, 0.29) is 11.7 Å². The molecule has 0 spiro atoms. The van der Waals surface area contributed by atoms with Gasteiger partial charge >= 0.3 is 0 Å². The van der Waals surface area contributed by atoms with Gasteiger partial charge in [0.15, 0.2) is 5.82 Å². The number of carbonyl (C=O) groups is 1. The number of benzene rings is 1. The van der Waals surface area contributed by atoms with Crippen LogP contribution in [0.5, 0.6) is 0 Å². The van der Waals surface area contributed by atoms with Gasteiger partial charge in [0.05, 0.1) is 16.8 Å². The zero-order valence-corrected chi connectivity index (χ0v) is 17.0. The quantitative estimate of drug-likeness (QED) is 0.726. The van der Waals surface area contributed by atoms with Gasteiger partial charge in [0, 0.05) is 30.9 Å². The molecule has 2 aromatic heterocycles. The van der Waals surface area contributed by atoms with Crippen LogP contribution >= 0.6 is 0 Å². The van der Waals surface area contributed by atoms with Gasteiger partial charge in [0.2, 0.25) is 0 Å². The third-order valence-electron chi connectivity index (χ3n) is 5.48. The zero-order valence-electron chi connectivity index (χ0n) is 17.0. The number of nitrogens with zero attached hydrogens (tertiary/aromatic N) is 5. The first kappa shape index (κ1) is 19.3. The Morgan fingerprint density at radius 3 is 2.79 bits per heavy atom. The summed E-state index contributed by atoms with van der Waals surface area (Å²) in [6, 6.07) is 4.55. The van der Waals surface area contributed by atoms with Crippen molar-refractivity contribution in [1.82, 2.24) is 24.5 Å². The third kappa shape index (κ3) is 3.54. The van der Waals surface area contributed by atoms with Crippen molar-refractivity contribution in [2.75, 3.05) is 5.32 Å². The largest absolute Gasteiger partial charge is 0.322 e. The fourth-order valence-electron chi connectivity index (χ4n) is 3.99. The molecule has 29 heavy (non-hydrogen) atoms. The van der Waals surface area contributed by atoms with Gasteiger partial charge < -0.3 is 9.88 Å². The average Bonchev–Trinajstić information content (AvgIpc) is 3.13. The van der Waals surface area contributed by atoms with Crippen molar-refractivity contribution in [3.05, 3.63) is 46.8 Å². The maximum atomic E-state index is 14.6. The maximum absolute atomic E-state index is 14.6. The number of carbonyl (C=O) groups excluding carboxylic acids is 1. The van der Waals surface area contributed by atoms with E-state index < -0.39 is 0 Å². The fourth-order valence-corrected chi connectivity index (χ4v) is 3.99. The highest BCUT2D eigenvalue weighted by Crippen LogP contribution is 2.28. The normalized spacial score (nSPS) is 13.8. The van der Waals surface area contributed by atoms with E-state index in [0.29, 0.717) is 34.9 Å². The molecule has 152 valence electrons. The molecule has 8 heteroatoms. The molecule has 0 saturated heterocycles. The van der Waals surface area contributed by atoms with E-state index in [1.165, 1.54) is 6.07 Å². The second kappa shape index (κ2) is 7.77. The summed E-state index contributed by atoms with van der Waals surface area (Å²) in [5.41, 5.74) is 2.90. The molecule has 1 aromatic carbocycles. The molecule has 3 aromatic rings. The maximum Gasteiger partial charge on any atom is 0.259 e. The summed E-state index contributed by atoms with van der Waals surface area (Å²) < 4.78 is 18.4. The molecule has 1 aliphatic heterocycles. The highest BCUT2D eigenvalue weighted by Gasteiger charge is 2.21. The van der Waals surface area contributed by atoms with Gasteiger partial charge in [-0.2, -0.15) is 5.10 Å². The first-order valence-electron chi connectivity index (χ1n) is 10.1. The number of anilines is 1. The van der Waals surface area contributed by atoms with Crippen LogP contribution in [0.15, 0.2) is 18.2 Å². The van der Waals surface area contributed by atoms with Gasteiger partial charge in [0.25, 0.3) is 5.91 Å². The summed E-state index contributed by atoms with van der Waals surface area (Å²) in [6.07, 6.45) is 4.08. The number of aromatic nitrogens is 5. The Morgan fingerprint density at radius 2 is 2.03 bits per heavy atom. The Morgan fingerprint density at radius 1 is 1.21 bits per heavy atom. The van der Waals surface area contributed by atoms with Crippen molar-refractivity contribution in [1.29, 1.82) is 0 Å². The molecule has 0 atom stereocenters. The van der Waals surface area contributed by atoms with Crippen LogP contribution in [0, 0.1) is 19.7 Å². The molecular formula is C21H25FN6O. The number of nitrogens with one attached hydrogen (secondary N) is 1. The molecule has 4 rings (SSSR count). The highest BCUT2D eigenvalue weighted by atomic mass is 19.1. The van der Waals surface area contributed by atoms with E-state index >= 15 is 0 Å². The van der Waals surface area contributed by atoms with Crippen molar-refractivity contribution >= 4 is 11.6 Å². The molecule has 7 nitrogen and oxygen atoms in total. The van der Waals surface area contributed by atoms with E-state index in [4.69, 9.17) is 0 Å². The first-order chi connectivity index (χ1) is 14.0. The minimum absolute atomic E-state index is 0.252. The van der Waals surface area contributed by atoms with Crippen LogP contribution in [-0.2, 0) is 19.5 Å². The second-order valence-electron chi connectivity index (χ2n) is 7.41. The van der Waals surface area contributed by atoms with E-state index in [1.807, 2.05) is 25.3 Å². The van der Waals surface area contributed by atoms with Crippen LogP contribution in [0.25, 0.3) is 11.4 Å². The summed E-state index contributed by atoms with van der Waals surface area (Å²) >= 11 is 0. The summed E-state index contributed by atoms with van der Waals surface area (Å²) in [4.78, 5) is 12.9. The highest BCUT2D eigenvalue weighted by molar-refractivity contribution is 6.06. The van der Waals surface area contributed by atoms with Crippen molar-refractivity contribution in [3.8, 4) is 11.4 Å². The molecule has 0 fully saturated rings. The lowest BCUT2D eigenvalue weighted by molar-refractivity contribution is 0.102. The standard InChI is InChI=1S/C21H25FN6O/c1-4-28-14(3)19(13(2)26-28)21(29)23-15-9-10-17(22)16(12-15)20-25-24-18-8-6-5-7-11-27(18)20/h9-10,12H,4-8,11H2,1-3H3,(H,23,29). The van der Waals surface area contributed by atoms with Gasteiger partial charge in [-0.25, -0.2) is 4.39 Å². The molecule has 0 radical (unpaired) electrons. The minimum atomic E-state index is -0.381. The first-order valence-corrected chi connectivity index (χ1v) is 10.1. The van der Waals surface area contributed by atoms with Crippen LogP contribution in [-0.4, -0.2) is 30.5 Å². The molecule has 1 N–H and O–H groups in total. The Bertz CT molecular complexity index is 1070. The number of halogens is 1. The monoisotopic (exact) mass is 396 g/mol. The van der Waals surface area contributed by atoms with E-state index in [2.05, 4.69) is 20.6 Å². The van der Waals surface area contributed by atoms with Crippen molar-refractivity contribution in [3.63, 3.8) is 0 Å². The SMILES string of the molecule is CCn1nc(C)c(C(=O)Nc2ccc(F)c(-c3nnc4n3CCCCC4)c2)c1C. The van der Waals surface area contributed by atoms with E-state index in [9.17, 15) is 9.18 Å². The summed E-state index contributed by atoms with van der Waals surface area (Å²) in [6.45, 7) is 7.14. The number of hydrogen-bond acceptors (Lipinski definition) is 4. The number of aryl methyl sites for hydroxylation is 3. The third-order valence-corrected chi connectivity index (χ3v) is 5.48. The van der Waals surface area contributed by atoms with Gasteiger partial charge in [-0.1, -0.05) is 6.42 Å². The predicted octanol–water partition coefficient (Wildman–Crippen LogP) is 3.90. The van der Waals surface area contributed by atoms with E-state index in [1.54, 1.807) is 16.8 Å². The predicted molar refractivity (Wildman–Crippen MR) is 108 cm³/mol. The van der Waals surface area contributed by atoms with Crippen LogP contribution in [0.2, 0.25) is 0 Å². The van der Waals surface area contributed by atoms with Crippen molar-refractivity contribution in [2.24, 2.45) is 0 Å². The van der Waals surface area contributed by atoms with Crippen LogP contribution in [0.4, 0.5) is 10.1 Å². The number of rotatable bonds is 4. The Hall–Kier alpha value is -3.03. The van der Waals surface area contributed by atoms with Gasteiger partial charge in [-0.05, 0) is 51.8 Å². The molecule has 1 aliphatic rings. The molecular weight excluding hydrogens is 371 g/mol. The lowest BCUT2D eigenvalue weighted by Crippen LogP contribution is -2.14. The molecule has 0 bridgehead atoms. The van der Waals surface area contributed by atoms with E-state index in [0.717, 1.165) is 43.7 Å². The smallest absolute Gasteiger partial charge is 0.259 e. The van der Waals surface area contributed by atoms with Gasteiger partial charge in [0.1, 0.15) is 11.6 Å². The number of amides is 1. The average molecular weight is 396 g/mol. The second-order valence-corrected chi connectivity index (χ2v) is 7.41. The topological polar surface area (TPSA) is 77.6 Å². The lowest BCUT2D eigenvalue weighted by atomic mass is 10.1. The van der Waals surface area contributed by atoms with Crippen LogP contribution in [0.3, 0.4) is 0 Å². The van der Waals surface area contributed by atoms with Gasteiger partial charge in [-0.15, -0.1) is 10.2 Å². The Balaban J connectivity index is 1.66. The molecule has 3 heterocycles. The minimum Gasteiger partial charge on any atom is -0.322 e. The zero-order chi connectivity index (χ0) is 20.5. The molecule has 0 unspecified atom stereocenters. The van der Waals surface area contributed by atoms with Gasteiger partial charge in [-0.3, -0.25) is 9.48 Å². The molecule has 1 amide bonds. The fraction of sp³-hybridized carbons (Fsp3) is 0.429. The summed E-state index contributed by atoms with van der Waals surface area (Å²) in [5.74, 6) is 0.775. The van der Waals surface area contributed by atoms with Crippen molar-refractivity contribution in [2.45, 2.75) is 59.5 Å². The van der Waals surface area contributed by atoms with Crippen LogP contribution in [0.1, 0.15) is 53.8 Å². The number of hydrogen-bond donors (Lipinski definition) is 1. The molecule has 0 saturated carbocycles. The lowest BCUT2D eigenvalue weighted by Gasteiger charge is -2.11. The summed E-state index contributed by atoms with van der Waals surface area (Å²) in [7, 11) is 0. The summed E-state index contributed by atoms with van der Waals surface area (Å²) in [5, 5.41) is 15.8. The Labute approximate surface area is 169 Å². The number of fused-ring (bicyclic) bond motifs is 1.